The summed E-state index contributed by atoms with van der Waals surface area (Å²) >= 11 is 0. The SMILES string of the molecule is COc1ccc(S(C)(=O)=O)cc1S(=O)(=O)NCc1ccccn1. The molecular formula is C14H16N2O5S2. The molecule has 2 rings (SSSR count). The summed E-state index contributed by atoms with van der Waals surface area (Å²) in [5.41, 5.74) is 0.536. The Morgan fingerprint density at radius 3 is 2.43 bits per heavy atom. The van der Waals surface area contributed by atoms with E-state index in [1.807, 2.05) is 0 Å². The van der Waals surface area contributed by atoms with Gasteiger partial charge in [0.1, 0.15) is 10.6 Å². The lowest BCUT2D eigenvalue weighted by Crippen LogP contribution is -2.24. The van der Waals surface area contributed by atoms with E-state index in [1.54, 1.807) is 24.4 Å². The van der Waals surface area contributed by atoms with Gasteiger partial charge in [-0.25, -0.2) is 21.6 Å². The number of ether oxygens (including phenoxy) is 1. The van der Waals surface area contributed by atoms with Crippen LogP contribution >= 0.6 is 0 Å². The fourth-order valence-electron chi connectivity index (χ4n) is 1.85. The summed E-state index contributed by atoms with van der Waals surface area (Å²) in [7, 11) is -6.19. The molecule has 1 aromatic carbocycles. The van der Waals surface area contributed by atoms with Gasteiger partial charge in [-0.2, -0.15) is 0 Å². The molecule has 124 valence electrons. The third kappa shape index (κ3) is 4.27. The summed E-state index contributed by atoms with van der Waals surface area (Å²) in [5, 5.41) is 0. The second kappa shape index (κ2) is 6.65. The van der Waals surface area contributed by atoms with E-state index < -0.39 is 19.9 Å². The first-order valence-corrected chi connectivity index (χ1v) is 9.89. The van der Waals surface area contributed by atoms with E-state index in [2.05, 4.69) is 9.71 Å². The van der Waals surface area contributed by atoms with Gasteiger partial charge in [-0.3, -0.25) is 4.98 Å². The monoisotopic (exact) mass is 356 g/mol. The first-order chi connectivity index (χ1) is 10.7. The Bertz CT molecular complexity index is 894. The van der Waals surface area contributed by atoms with Gasteiger partial charge in [0.2, 0.25) is 10.0 Å². The highest BCUT2D eigenvalue weighted by Crippen LogP contribution is 2.26. The smallest absolute Gasteiger partial charge is 0.244 e. The Hall–Kier alpha value is -1.97. The lowest BCUT2D eigenvalue weighted by molar-refractivity contribution is 0.401. The summed E-state index contributed by atoms with van der Waals surface area (Å²) in [4.78, 5) is 3.68. The van der Waals surface area contributed by atoms with Crippen LogP contribution in [-0.2, 0) is 26.4 Å². The number of sulfone groups is 1. The van der Waals surface area contributed by atoms with E-state index in [4.69, 9.17) is 4.74 Å². The largest absolute Gasteiger partial charge is 0.495 e. The molecule has 9 heteroatoms. The van der Waals surface area contributed by atoms with Crippen LogP contribution in [0.3, 0.4) is 0 Å². The normalized spacial score (nSPS) is 12.1. The summed E-state index contributed by atoms with van der Waals surface area (Å²) in [6.45, 7) is -0.0184. The van der Waals surface area contributed by atoms with Crippen LogP contribution in [0.25, 0.3) is 0 Å². The summed E-state index contributed by atoms with van der Waals surface area (Å²) in [6, 6.07) is 8.82. The summed E-state index contributed by atoms with van der Waals surface area (Å²) in [5.74, 6) is 0.0610. The number of benzene rings is 1. The molecule has 7 nitrogen and oxygen atoms in total. The van der Waals surface area contributed by atoms with Crippen molar-refractivity contribution in [2.75, 3.05) is 13.4 Å². The average molecular weight is 356 g/mol. The van der Waals surface area contributed by atoms with Crippen LogP contribution in [0.1, 0.15) is 5.69 Å². The van der Waals surface area contributed by atoms with E-state index in [0.29, 0.717) is 5.69 Å². The molecule has 0 saturated heterocycles. The molecule has 1 heterocycles. The zero-order valence-electron chi connectivity index (χ0n) is 12.6. The highest BCUT2D eigenvalue weighted by Gasteiger charge is 2.22. The minimum Gasteiger partial charge on any atom is -0.495 e. The number of hydrogen-bond acceptors (Lipinski definition) is 6. The van der Waals surface area contributed by atoms with Crippen LogP contribution < -0.4 is 9.46 Å². The number of aromatic nitrogens is 1. The average Bonchev–Trinajstić information content (AvgIpc) is 2.52. The number of methoxy groups -OCH3 is 1. The first kappa shape index (κ1) is 17.4. The van der Waals surface area contributed by atoms with Crippen molar-refractivity contribution in [1.29, 1.82) is 0 Å². The second-order valence-corrected chi connectivity index (χ2v) is 8.48. The maximum atomic E-state index is 12.5. The molecule has 1 N–H and O–H groups in total. The molecule has 0 saturated carbocycles. The molecule has 1 aromatic heterocycles. The number of nitrogens with one attached hydrogen (secondary N) is 1. The predicted molar refractivity (Wildman–Crippen MR) is 84.4 cm³/mol. The van der Waals surface area contributed by atoms with Gasteiger partial charge in [0.25, 0.3) is 0 Å². The molecule has 0 atom stereocenters. The van der Waals surface area contributed by atoms with Gasteiger partial charge in [0.05, 0.1) is 24.2 Å². The van der Waals surface area contributed by atoms with Gasteiger partial charge in [0, 0.05) is 12.5 Å². The molecule has 2 aromatic rings. The minimum atomic E-state index is -3.96. The number of rotatable bonds is 6. The fraction of sp³-hybridized carbons (Fsp3) is 0.214. The van der Waals surface area contributed by atoms with Crippen molar-refractivity contribution >= 4 is 19.9 Å². The lowest BCUT2D eigenvalue weighted by Gasteiger charge is -2.12. The molecule has 0 amide bonds. The Balaban J connectivity index is 2.38. The highest BCUT2D eigenvalue weighted by molar-refractivity contribution is 7.91. The molecule has 0 aliphatic heterocycles. The van der Waals surface area contributed by atoms with Crippen molar-refractivity contribution in [3.05, 3.63) is 48.3 Å². The molecule has 0 bridgehead atoms. The van der Waals surface area contributed by atoms with Crippen LogP contribution in [-0.4, -0.2) is 35.2 Å². The van der Waals surface area contributed by atoms with Gasteiger partial charge in [-0.1, -0.05) is 6.07 Å². The quantitative estimate of drug-likeness (QED) is 0.827. The minimum absolute atomic E-state index is 0.0184. The van der Waals surface area contributed by atoms with Gasteiger partial charge >= 0.3 is 0 Å². The maximum absolute atomic E-state index is 12.5. The molecule has 0 unspecified atom stereocenters. The Morgan fingerprint density at radius 1 is 1.13 bits per heavy atom. The van der Waals surface area contributed by atoms with Crippen LogP contribution in [0.5, 0.6) is 5.75 Å². The Morgan fingerprint density at radius 2 is 1.87 bits per heavy atom. The van der Waals surface area contributed by atoms with Gasteiger partial charge < -0.3 is 4.74 Å². The van der Waals surface area contributed by atoms with Gasteiger partial charge in [-0.05, 0) is 30.3 Å². The summed E-state index contributed by atoms with van der Waals surface area (Å²) in [6.07, 6.45) is 2.56. The second-order valence-electron chi connectivity index (χ2n) is 4.73. The van der Waals surface area contributed by atoms with Crippen molar-refractivity contribution in [1.82, 2.24) is 9.71 Å². The van der Waals surface area contributed by atoms with E-state index in [0.717, 1.165) is 12.3 Å². The lowest BCUT2D eigenvalue weighted by atomic mass is 10.3. The molecular weight excluding hydrogens is 340 g/mol. The standard InChI is InChI=1S/C14H16N2O5S2/c1-21-13-7-6-12(22(2,17)18)9-14(13)23(19,20)16-10-11-5-3-4-8-15-11/h3-9,16H,10H2,1-2H3. The predicted octanol–water partition coefficient (Wildman–Crippen LogP) is 0.972. The van der Waals surface area contributed by atoms with Crippen LogP contribution in [0.4, 0.5) is 0 Å². The van der Waals surface area contributed by atoms with Crippen molar-refractivity contribution in [3.63, 3.8) is 0 Å². The Labute approximate surface area is 135 Å². The van der Waals surface area contributed by atoms with E-state index in [9.17, 15) is 16.8 Å². The van der Waals surface area contributed by atoms with E-state index in [-0.39, 0.29) is 22.1 Å². The number of sulfonamides is 1. The van der Waals surface area contributed by atoms with Crippen LogP contribution in [0.2, 0.25) is 0 Å². The third-order valence-corrected chi connectivity index (χ3v) is 5.55. The molecule has 0 fully saturated rings. The van der Waals surface area contributed by atoms with Crippen LogP contribution in [0, 0.1) is 0 Å². The van der Waals surface area contributed by atoms with Crippen molar-refractivity contribution in [2.45, 2.75) is 16.3 Å². The number of nitrogens with zero attached hydrogens (tertiary/aromatic N) is 1. The van der Waals surface area contributed by atoms with E-state index >= 15 is 0 Å². The Kier molecular flexibility index (Phi) is 5.03. The highest BCUT2D eigenvalue weighted by atomic mass is 32.2. The first-order valence-electron chi connectivity index (χ1n) is 6.52. The molecule has 23 heavy (non-hydrogen) atoms. The van der Waals surface area contributed by atoms with E-state index in [1.165, 1.54) is 19.2 Å². The number of hydrogen-bond donors (Lipinski definition) is 1. The molecule has 0 aliphatic rings. The van der Waals surface area contributed by atoms with Crippen molar-refractivity contribution < 1.29 is 21.6 Å². The summed E-state index contributed by atoms with van der Waals surface area (Å²) < 4.78 is 55.6. The van der Waals surface area contributed by atoms with Crippen molar-refractivity contribution in [2.24, 2.45) is 0 Å². The molecule has 0 aliphatic carbocycles. The fourth-order valence-corrected chi connectivity index (χ4v) is 3.76. The van der Waals surface area contributed by atoms with Crippen LogP contribution in [0.15, 0.2) is 52.4 Å². The number of pyridine rings is 1. The zero-order chi connectivity index (χ0) is 17.1. The molecule has 0 spiro atoms. The van der Waals surface area contributed by atoms with Crippen molar-refractivity contribution in [3.8, 4) is 5.75 Å². The topological polar surface area (TPSA) is 102 Å². The third-order valence-electron chi connectivity index (χ3n) is 3.02. The maximum Gasteiger partial charge on any atom is 0.244 e. The zero-order valence-corrected chi connectivity index (χ0v) is 14.2. The molecule has 0 radical (unpaired) electrons. The van der Waals surface area contributed by atoms with Gasteiger partial charge in [-0.15, -0.1) is 0 Å². The van der Waals surface area contributed by atoms with Gasteiger partial charge in [0.15, 0.2) is 9.84 Å².